The van der Waals surface area contributed by atoms with Gasteiger partial charge in [0, 0.05) is 5.56 Å². The Kier molecular flexibility index (Phi) is 2.65. The van der Waals surface area contributed by atoms with Crippen LogP contribution in [-0.2, 0) is 14.2 Å². The lowest BCUT2D eigenvalue weighted by Gasteiger charge is -2.32. The van der Waals surface area contributed by atoms with E-state index in [0.717, 1.165) is 5.56 Å². The Balaban J connectivity index is 1.75. The second-order valence-corrected chi connectivity index (χ2v) is 4.12. The monoisotopic (exact) mass is 222 g/mol. The number of fused-ring (bicyclic) bond motifs is 1. The van der Waals surface area contributed by atoms with Crippen LogP contribution in [0.1, 0.15) is 11.9 Å². The average molecular weight is 222 g/mol. The van der Waals surface area contributed by atoms with Crippen LogP contribution in [0.3, 0.4) is 0 Å². The summed E-state index contributed by atoms with van der Waals surface area (Å²) in [6.07, 6.45) is -1.33. The van der Waals surface area contributed by atoms with Crippen molar-refractivity contribution in [3.63, 3.8) is 0 Å². The first-order chi connectivity index (χ1) is 7.84. The molecule has 0 saturated carbocycles. The summed E-state index contributed by atoms with van der Waals surface area (Å²) in [5, 5.41) is 9.68. The molecule has 0 radical (unpaired) electrons. The lowest BCUT2D eigenvalue weighted by molar-refractivity contribution is -0.252. The first-order valence-electron chi connectivity index (χ1n) is 5.46. The maximum atomic E-state index is 9.68. The van der Waals surface area contributed by atoms with E-state index < -0.39 is 12.4 Å². The van der Waals surface area contributed by atoms with E-state index in [1.165, 1.54) is 0 Å². The summed E-state index contributed by atoms with van der Waals surface area (Å²) in [4.78, 5) is 0. The van der Waals surface area contributed by atoms with Crippen molar-refractivity contribution in [3.8, 4) is 0 Å². The number of hydrogen-bond acceptors (Lipinski definition) is 4. The van der Waals surface area contributed by atoms with E-state index in [2.05, 4.69) is 0 Å². The fourth-order valence-electron chi connectivity index (χ4n) is 2.13. The van der Waals surface area contributed by atoms with Crippen molar-refractivity contribution in [2.75, 3.05) is 13.2 Å². The summed E-state index contributed by atoms with van der Waals surface area (Å²) in [5.74, 6) is 0. The molecule has 1 aromatic rings. The molecular formula is C12H14O4. The van der Waals surface area contributed by atoms with Gasteiger partial charge in [-0.3, -0.25) is 0 Å². The van der Waals surface area contributed by atoms with Crippen LogP contribution in [0.15, 0.2) is 30.3 Å². The zero-order chi connectivity index (χ0) is 11.0. The van der Waals surface area contributed by atoms with Gasteiger partial charge in [0.25, 0.3) is 0 Å². The number of hydrogen-bond donors (Lipinski definition) is 1. The van der Waals surface area contributed by atoms with Crippen LogP contribution in [0.5, 0.6) is 0 Å². The van der Waals surface area contributed by atoms with Gasteiger partial charge in [0.2, 0.25) is 0 Å². The Morgan fingerprint density at radius 3 is 2.69 bits per heavy atom. The quantitative estimate of drug-likeness (QED) is 0.765. The fourth-order valence-corrected chi connectivity index (χ4v) is 2.13. The SMILES string of the molecule is O[C@@H]1CO[C@@H]2COC(c3ccccc3)O[C@@H]12. The van der Waals surface area contributed by atoms with Gasteiger partial charge in [0.15, 0.2) is 6.29 Å². The highest BCUT2D eigenvalue weighted by Crippen LogP contribution is 2.31. The molecule has 4 atom stereocenters. The molecule has 2 saturated heterocycles. The van der Waals surface area contributed by atoms with Crippen molar-refractivity contribution in [2.45, 2.75) is 24.6 Å². The summed E-state index contributed by atoms with van der Waals surface area (Å²) < 4.78 is 16.6. The first-order valence-corrected chi connectivity index (χ1v) is 5.46. The van der Waals surface area contributed by atoms with Gasteiger partial charge in [-0.05, 0) is 0 Å². The number of rotatable bonds is 1. The Morgan fingerprint density at radius 2 is 1.88 bits per heavy atom. The summed E-state index contributed by atoms with van der Waals surface area (Å²) in [5.41, 5.74) is 0.972. The lowest BCUT2D eigenvalue weighted by Crippen LogP contribution is -2.42. The van der Waals surface area contributed by atoms with E-state index in [1.807, 2.05) is 30.3 Å². The van der Waals surface area contributed by atoms with Gasteiger partial charge in [-0.15, -0.1) is 0 Å². The maximum Gasteiger partial charge on any atom is 0.184 e. The molecule has 0 spiro atoms. The maximum absolute atomic E-state index is 9.68. The topological polar surface area (TPSA) is 47.9 Å². The Labute approximate surface area is 93.7 Å². The van der Waals surface area contributed by atoms with Crippen LogP contribution >= 0.6 is 0 Å². The van der Waals surface area contributed by atoms with E-state index in [4.69, 9.17) is 14.2 Å². The second kappa shape index (κ2) is 4.14. The van der Waals surface area contributed by atoms with E-state index in [9.17, 15) is 5.11 Å². The van der Waals surface area contributed by atoms with Gasteiger partial charge < -0.3 is 19.3 Å². The van der Waals surface area contributed by atoms with Crippen molar-refractivity contribution in [1.82, 2.24) is 0 Å². The largest absolute Gasteiger partial charge is 0.388 e. The molecule has 0 aliphatic carbocycles. The van der Waals surface area contributed by atoms with Crippen LogP contribution in [-0.4, -0.2) is 36.6 Å². The number of benzene rings is 1. The third-order valence-corrected chi connectivity index (χ3v) is 2.99. The van der Waals surface area contributed by atoms with Gasteiger partial charge in [-0.1, -0.05) is 30.3 Å². The smallest absolute Gasteiger partial charge is 0.184 e. The van der Waals surface area contributed by atoms with E-state index in [1.54, 1.807) is 0 Å². The second-order valence-electron chi connectivity index (χ2n) is 4.12. The van der Waals surface area contributed by atoms with Crippen molar-refractivity contribution in [3.05, 3.63) is 35.9 Å². The third kappa shape index (κ3) is 1.74. The highest BCUT2D eigenvalue weighted by molar-refractivity contribution is 5.16. The number of ether oxygens (including phenoxy) is 3. The molecule has 4 nitrogen and oxygen atoms in total. The van der Waals surface area contributed by atoms with Gasteiger partial charge in [0.05, 0.1) is 13.2 Å². The van der Waals surface area contributed by atoms with Gasteiger partial charge in [0.1, 0.15) is 18.3 Å². The summed E-state index contributed by atoms with van der Waals surface area (Å²) >= 11 is 0. The molecule has 16 heavy (non-hydrogen) atoms. The van der Waals surface area contributed by atoms with E-state index >= 15 is 0 Å². The minimum absolute atomic E-state index is 0.130. The molecule has 3 rings (SSSR count). The molecule has 4 heteroatoms. The molecule has 1 aromatic carbocycles. The van der Waals surface area contributed by atoms with Crippen molar-refractivity contribution >= 4 is 0 Å². The normalized spacial score (nSPS) is 38.3. The third-order valence-electron chi connectivity index (χ3n) is 2.99. The highest BCUT2D eigenvalue weighted by Gasteiger charge is 2.42. The fraction of sp³-hybridized carbons (Fsp3) is 0.500. The molecule has 0 bridgehead atoms. The zero-order valence-electron chi connectivity index (χ0n) is 8.78. The zero-order valence-corrected chi connectivity index (χ0v) is 8.78. The molecule has 1 N–H and O–H groups in total. The van der Waals surface area contributed by atoms with Crippen molar-refractivity contribution < 1.29 is 19.3 Å². The van der Waals surface area contributed by atoms with Gasteiger partial charge in [-0.25, -0.2) is 0 Å². The average Bonchev–Trinajstić information content (AvgIpc) is 2.72. The number of aliphatic hydroxyl groups is 1. The molecule has 2 aliphatic heterocycles. The van der Waals surface area contributed by atoms with Crippen LogP contribution < -0.4 is 0 Å². The molecule has 0 amide bonds. The minimum atomic E-state index is -0.542. The molecule has 0 aromatic heterocycles. The molecule has 2 fully saturated rings. The summed E-state index contributed by atoms with van der Waals surface area (Å²) in [6, 6.07) is 9.73. The van der Waals surface area contributed by atoms with Crippen molar-refractivity contribution in [2.24, 2.45) is 0 Å². The summed E-state index contributed by atoms with van der Waals surface area (Å²) in [6.45, 7) is 0.807. The molecular weight excluding hydrogens is 208 g/mol. The van der Waals surface area contributed by atoms with Gasteiger partial charge >= 0.3 is 0 Å². The van der Waals surface area contributed by atoms with Crippen LogP contribution in [0.2, 0.25) is 0 Å². The van der Waals surface area contributed by atoms with E-state index in [-0.39, 0.29) is 12.2 Å². The summed E-state index contributed by atoms with van der Waals surface area (Å²) in [7, 11) is 0. The Bertz CT molecular complexity index is 353. The lowest BCUT2D eigenvalue weighted by atomic mass is 10.1. The van der Waals surface area contributed by atoms with Gasteiger partial charge in [-0.2, -0.15) is 0 Å². The number of aliphatic hydroxyl groups excluding tert-OH is 1. The Morgan fingerprint density at radius 1 is 1.06 bits per heavy atom. The van der Waals surface area contributed by atoms with Crippen LogP contribution in [0.4, 0.5) is 0 Å². The molecule has 2 aliphatic rings. The standard InChI is InChI=1S/C12H14O4/c13-9-6-14-10-7-15-12(16-11(9)10)8-4-2-1-3-5-8/h1-5,9-13H,6-7H2/t9-,10-,11+,12?/m1/s1. The van der Waals surface area contributed by atoms with Crippen molar-refractivity contribution in [1.29, 1.82) is 0 Å². The predicted octanol–water partition coefficient (Wildman–Crippen LogP) is 0.860. The first kappa shape index (κ1) is 10.2. The molecule has 86 valence electrons. The highest BCUT2D eigenvalue weighted by atomic mass is 16.7. The van der Waals surface area contributed by atoms with Crippen LogP contribution in [0.25, 0.3) is 0 Å². The van der Waals surface area contributed by atoms with Crippen LogP contribution in [0, 0.1) is 0 Å². The molecule has 2 heterocycles. The molecule has 1 unspecified atom stereocenters. The Hall–Kier alpha value is -0.940. The van der Waals surface area contributed by atoms with E-state index in [0.29, 0.717) is 13.2 Å². The minimum Gasteiger partial charge on any atom is -0.388 e. The predicted molar refractivity (Wildman–Crippen MR) is 55.8 cm³/mol.